The first-order chi connectivity index (χ1) is 16.9. The molecule has 4 rings (SSSR count). The summed E-state index contributed by atoms with van der Waals surface area (Å²) in [5.74, 6) is 0.634. The molecule has 0 saturated heterocycles. The Hall–Kier alpha value is -3.50. The number of sulfonamides is 1. The maximum absolute atomic E-state index is 12.9. The van der Waals surface area contributed by atoms with E-state index < -0.39 is 10.0 Å². The molecule has 0 aliphatic rings. The molecular weight excluding hydrogens is 464 g/mol. The van der Waals surface area contributed by atoms with Crippen LogP contribution in [0, 0.1) is 0 Å². The Morgan fingerprint density at radius 1 is 1.09 bits per heavy atom. The molecule has 0 aliphatic carbocycles. The van der Waals surface area contributed by atoms with Crippen LogP contribution in [-0.4, -0.2) is 50.8 Å². The second-order valence-electron chi connectivity index (χ2n) is 8.08. The lowest BCUT2D eigenvalue weighted by Crippen LogP contribution is -2.30. The number of carbonyl (C=O) groups excluding carboxylic acids is 1. The van der Waals surface area contributed by atoms with Gasteiger partial charge in [-0.15, -0.1) is 0 Å². The van der Waals surface area contributed by atoms with Crippen LogP contribution >= 0.6 is 0 Å². The number of nitrogens with one attached hydrogen (secondary N) is 1. The first kappa shape index (κ1) is 24.6. The van der Waals surface area contributed by atoms with E-state index in [1.54, 1.807) is 30.7 Å². The van der Waals surface area contributed by atoms with Gasteiger partial charge in [-0.1, -0.05) is 19.9 Å². The minimum Gasteiger partial charge on any atom is -0.328 e. The van der Waals surface area contributed by atoms with Gasteiger partial charge in [-0.25, -0.2) is 18.4 Å². The number of hydrogen-bond donors (Lipinski definition) is 1. The van der Waals surface area contributed by atoms with Crippen molar-refractivity contribution < 1.29 is 13.2 Å². The van der Waals surface area contributed by atoms with Gasteiger partial charge in [-0.2, -0.15) is 4.31 Å². The van der Waals surface area contributed by atoms with Gasteiger partial charge in [0.2, 0.25) is 15.9 Å². The Morgan fingerprint density at radius 3 is 2.57 bits per heavy atom. The van der Waals surface area contributed by atoms with E-state index in [0.29, 0.717) is 37.3 Å². The first-order valence-electron chi connectivity index (χ1n) is 11.7. The third-order valence-corrected chi connectivity index (χ3v) is 8.01. The lowest BCUT2D eigenvalue weighted by Gasteiger charge is -2.18. The topological polar surface area (TPSA) is 102 Å². The number of aromatic nitrogens is 4. The Labute approximate surface area is 205 Å². The van der Waals surface area contributed by atoms with Crippen LogP contribution in [0.1, 0.15) is 33.0 Å². The zero-order chi connectivity index (χ0) is 25.0. The normalized spacial score (nSPS) is 11.9. The Bertz CT molecular complexity index is 1420. The number of fused-ring (bicyclic) bond motifs is 1. The molecule has 2 aromatic heterocycles. The molecule has 0 radical (unpaired) electrons. The largest absolute Gasteiger partial charge is 0.328 e. The minimum absolute atomic E-state index is 0.118. The van der Waals surface area contributed by atoms with E-state index in [4.69, 9.17) is 0 Å². The monoisotopic (exact) mass is 494 g/mol. The molecule has 1 N–H and O–H groups in total. The lowest BCUT2D eigenvalue weighted by atomic mass is 10.2. The standard InChI is InChI=1S/C25H30N6O3S/c1-4-30(5-2)35(33,34)21-10-11-23-22(17-21)28-24(31(23)6-3)12-13-25(32)27-19-8-7-9-20(16-19)29-15-14-26-18-29/h7-11,14-18H,4-6,12-13H2,1-3H3,(H,27,32). The fourth-order valence-corrected chi connectivity index (χ4v) is 5.66. The second kappa shape index (κ2) is 10.4. The average molecular weight is 495 g/mol. The molecule has 1 amide bonds. The predicted octanol–water partition coefficient (Wildman–Crippen LogP) is 3.84. The quantitative estimate of drug-likeness (QED) is 0.361. The molecule has 4 aromatic rings. The van der Waals surface area contributed by atoms with Crippen LogP contribution in [0.4, 0.5) is 5.69 Å². The zero-order valence-corrected chi connectivity index (χ0v) is 21.0. The number of imidazole rings is 2. The van der Waals surface area contributed by atoms with Crippen LogP contribution < -0.4 is 5.32 Å². The van der Waals surface area contributed by atoms with E-state index in [0.717, 1.165) is 17.0 Å². The number of amides is 1. The van der Waals surface area contributed by atoms with Crippen molar-refractivity contribution in [3.05, 3.63) is 67.0 Å². The third kappa shape index (κ3) is 5.13. The number of benzene rings is 2. The molecule has 0 aliphatic heterocycles. The van der Waals surface area contributed by atoms with Gasteiger partial charge in [0.1, 0.15) is 5.82 Å². The molecule has 9 nitrogen and oxygen atoms in total. The second-order valence-corrected chi connectivity index (χ2v) is 10.0. The molecule has 10 heteroatoms. The number of rotatable bonds is 10. The molecule has 0 unspecified atom stereocenters. The highest BCUT2D eigenvalue weighted by Gasteiger charge is 2.23. The molecule has 0 atom stereocenters. The van der Waals surface area contributed by atoms with Crippen molar-refractivity contribution in [1.29, 1.82) is 0 Å². The highest BCUT2D eigenvalue weighted by atomic mass is 32.2. The fraction of sp³-hybridized carbons (Fsp3) is 0.320. The lowest BCUT2D eigenvalue weighted by molar-refractivity contribution is -0.116. The van der Waals surface area contributed by atoms with Crippen LogP contribution in [0.25, 0.3) is 16.7 Å². The minimum atomic E-state index is -3.57. The van der Waals surface area contributed by atoms with Crippen LogP contribution in [0.2, 0.25) is 0 Å². The molecule has 35 heavy (non-hydrogen) atoms. The number of nitrogens with zero attached hydrogens (tertiary/aromatic N) is 5. The molecule has 0 saturated carbocycles. The summed E-state index contributed by atoms with van der Waals surface area (Å²) in [7, 11) is -3.57. The maximum Gasteiger partial charge on any atom is 0.243 e. The molecule has 2 heterocycles. The van der Waals surface area contributed by atoms with Gasteiger partial charge in [0.25, 0.3) is 0 Å². The Morgan fingerprint density at radius 2 is 1.89 bits per heavy atom. The van der Waals surface area contributed by atoms with Crippen molar-refractivity contribution in [2.75, 3.05) is 18.4 Å². The van der Waals surface area contributed by atoms with E-state index in [-0.39, 0.29) is 17.2 Å². The van der Waals surface area contributed by atoms with Gasteiger partial charge in [0.05, 0.1) is 22.3 Å². The number of aryl methyl sites for hydroxylation is 2. The van der Waals surface area contributed by atoms with Crippen LogP contribution in [-0.2, 0) is 27.8 Å². The summed E-state index contributed by atoms with van der Waals surface area (Å²) in [4.78, 5) is 21.6. The van der Waals surface area contributed by atoms with E-state index >= 15 is 0 Å². The molecular formula is C25H30N6O3S. The van der Waals surface area contributed by atoms with E-state index in [1.807, 2.05) is 60.4 Å². The number of anilines is 1. The smallest absolute Gasteiger partial charge is 0.243 e. The maximum atomic E-state index is 12.9. The van der Waals surface area contributed by atoms with Crippen LogP contribution in [0.15, 0.2) is 66.1 Å². The van der Waals surface area contributed by atoms with Crippen molar-refractivity contribution in [1.82, 2.24) is 23.4 Å². The summed E-state index contributed by atoms with van der Waals surface area (Å²) in [6.07, 6.45) is 5.94. The van der Waals surface area contributed by atoms with Crippen molar-refractivity contribution in [2.24, 2.45) is 0 Å². The van der Waals surface area contributed by atoms with Crippen LogP contribution in [0.5, 0.6) is 0 Å². The number of carbonyl (C=O) groups is 1. The fourth-order valence-electron chi connectivity index (χ4n) is 4.18. The summed E-state index contributed by atoms with van der Waals surface area (Å²) >= 11 is 0. The highest BCUT2D eigenvalue weighted by molar-refractivity contribution is 7.89. The SMILES string of the molecule is CCN(CC)S(=O)(=O)c1ccc2c(c1)nc(CCC(=O)Nc1cccc(-n3ccnc3)c1)n2CC. The van der Waals surface area contributed by atoms with Crippen molar-refractivity contribution >= 4 is 32.7 Å². The average Bonchev–Trinajstić information content (AvgIpc) is 3.51. The Balaban J connectivity index is 1.50. The van der Waals surface area contributed by atoms with E-state index in [2.05, 4.69) is 15.3 Å². The molecule has 0 fully saturated rings. The summed E-state index contributed by atoms with van der Waals surface area (Å²) in [5, 5.41) is 2.95. The Kier molecular flexibility index (Phi) is 7.32. The van der Waals surface area contributed by atoms with Gasteiger partial charge in [-0.3, -0.25) is 4.79 Å². The molecule has 0 spiro atoms. The van der Waals surface area contributed by atoms with Gasteiger partial charge < -0.3 is 14.5 Å². The van der Waals surface area contributed by atoms with E-state index in [9.17, 15) is 13.2 Å². The highest BCUT2D eigenvalue weighted by Crippen LogP contribution is 2.24. The van der Waals surface area contributed by atoms with Gasteiger partial charge in [-0.05, 0) is 43.3 Å². The van der Waals surface area contributed by atoms with Crippen molar-refractivity contribution in [3.63, 3.8) is 0 Å². The first-order valence-corrected chi connectivity index (χ1v) is 13.2. The van der Waals surface area contributed by atoms with E-state index in [1.165, 1.54) is 4.31 Å². The predicted molar refractivity (Wildman–Crippen MR) is 136 cm³/mol. The summed E-state index contributed by atoms with van der Waals surface area (Å²) < 4.78 is 31.2. The van der Waals surface area contributed by atoms with Gasteiger partial charge in [0, 0.05) is 56.2 Å². The molecule has 184 valence electrons. The van der Waals surface area contributed by atoms with Gasteiger partial charge >= 0.3 is 0 Å². The zero-order valence-electron chi connectivity index (χ0n) is 20.2. The molecule has 2 aromatic carbocycles. The summed E-state index contributed by atoms with van der Waals surface area (Å²) in [6.45, 7) is 7.14. The van der Waals surface area contributed by atoms with Crippen LogP contribution in [0.3, 0.4) is 0 Å². The summed E-state index contributed by atoms with van der Waals surface area (Å²) in [6, 6.07) is 12.6. The number of hydrogen-bond acceptors (Lipinski definition) is 5. The van der Waals surface area contributed by atoms with Crippen molar-refractivity contribution in [3.8, 4) is 5.69 Å². The summed E-state index contributed by atoms with van der Waals surface area (Å²) in [5.41, 5.74) is 3.08. The molecule has 0 bridgehead atoms. The van der Waals surface area contributed by atoms with Crippen molar-refractivity contribution in [2.45, 2.75) is 45.1 Å². The third-order valence-electron chi connectivity index (χ3n) is 5.97. The van der Waals surface area contributed by atoms with Gasteiger partial charge in [0.15, 0.2) is 0 Å².